The maximum Gasteiger partial charge on any atom is 0.345 e. The van der Waals surface area contributed by atoms with Crippen molar-refractivity contribution in [3.63, 3.8) is 0 Å². The van der Waals surface area contributed by atoms with Gasteiger partial charge in [-0.15, -0.1) is 0 Å². The predicted octanol–water partition coefficient (Wildman–Crippen LogP) is 9.94. The highest BCUT2D eigenvalue weighted by molar-refractivity contribution is 5.77. The van der Waals surface area contributed by atoms with E-state index < -0.39 is 12.1 Å². The van der Waals surface area contributed by atoms with Crippen LogP contribution in [0, 0.1) is 0 Å². The van der Waals surface area contributed by atoms with Crippen LogP contribution in [0.15, 0.2) is 12.2 Å². The fourth-order valence-corrected chi connectivity index (χ4v) is 4.43. The Morgan fingerprint density at radius 2 is 1.00 bits per heavy atom. The molecule has 0 heterocycles. The minimum absolute atomic E-state index is 0.333. The van der Waals surface area contributed by atoms with Gasteiger partial charge in [-0.2, -0.15) is 0 Å². The molecule has 206 valence electrons. The molecule has 0 fully saturated rings. The molecule has 0 rings (SSSR count). The van der Waals surface area contributed by atoms with Crippen LogP contribution < -0.4 is 0 Å². The Kier molecular flexibility index (Phi) is 26.2. The SMILES string of the molecule is CCCCCC/C=C\CCCCCCCC(=O)OC(CCCCCCCCCCCCC)C(=O)O. The lowest BCUT2D eigenvalue weighted by molar-refractivity contribution is -0.164. The summed E-state index contributed by atoms with van der Waals surface area (Å²) < 4.78 is 5.26. The van der Waals surface area contributed by atoms with Crippen LogP contribution in [-0.2, 0) is 14.3 Å². The molecular weight excluding hydrogens is 436 g/mol. The van der Waals surface area contributed by atoms with E-state index in [0.29, 0.717) is 12.8 Å². The minimum Gasteiger partial charge on any atom is -0.479 e. The van der Waals surface area contributed by atoms with E-state index in [4.69, 9.17) is 4.74 Å². The van der Waals surface area contributed by atoms with Crippen molar-refractivity contribution in [3.8, 4) is 0 Å². The van der Waals surface area contributed by atoms with Crippen LogP contribution in [0.4, 0.5) is 0 Å². The van der Waals surface area contributed by atoms with E-state index in [1.165, 1.54) is 96.3 Å². The number of ether oxygens (including phenoxy) is 1. The second kappa shape index (κ2) is 27.3. The number of carbonyl (C=O) groups excluding carboxylic acids is 1. The first-order valence-electron chi connectivity index (χ1n) is 15.2. The van der Waals surface area contributed by atoms with Crippen LogP contribution in [0.3, 0.4) is 0 Å². The van der Waals surface area contributed by atoms with E-state index in [1.807, 2.05) is 0 Å². The van der Waals surface area contributed by atoms with Crippen molar-refractivity contribution in [2.45, 2.75) is 174 Å². The summed E-state index contributed by atoms with van der Waals surface area (Å²) >= 11 is 0. The van der Waals surface area contributed by atoms with Gasteiger partial charge in [0, 0.05) is 6.42 Å². The molecule has 0 radical (unpaired) electrons. The van der Waals surface area contributed by atoms with Crippen LogP contribution in [0.25, 0.3) is 0 Å². The van der Waals surface area contributed by atoms with Crippen molar-refractivity contribution in [1.82, 2.24) is 0 Å². The molecule has 0 saturated heterocycles. The summed E-state index contributed by atoms with van der Waals surface area (Å²) in [5.74, 6) is -1.37. The number of hydrogen-bond acceptors (Lipinski definition) is 3. The lowest BCUT2D eigenvalue weighted by atomic mass is 10.0. The summed E-state index contributed by atoms with van der Waals surface area (Å²) in [6, 6.07) is 0. The summed E-state index contributed by atoms with van der Waals surface area (Å²) in [5, 5.41) is 9.38. The lowest BCUT2D eigenvalue weighted by Gasteiger charge is -2.13. The molecule has 1 atom stereocenters. The van der Waals surface area contributed by atoms with E-state index in [9.17, 15) is 14.7 Å². The van der Waals surface area contributed by atoms with E-state index in [2.05, 4.69) is 26.0 Å². The van der Waals surface area contributed by atoms with E-state index in [-0.39, 0.29) is 5.97 Å². The van der Waals surface area contributed by atoms with Crippen molar-refractivity contribution in [1.29, 1.82) is 0 Å². The van der Waals surface area contributed by atoms with Gasteiger partial charge in [0.15, 0.2) is 6.10 Å². The predicted molar refractivity (Wildman–Crippen MR) is 149 cm³/mol. The Labute approximate surface area is 217 Å². The van der Waals surface area contributed by atoms with Crippen molar-refractivity contribution in [2.24, 2.45) is 0 Å². The zero-order valence-corrected chi connectivity index (χ0v) is 23.4. The topological polar surface area (TPSA) is 63.6 Å². The Hall–Kier alpha value is -1.32. The summed E-state index contributed by atoms with van der Waals surface area (Å²) in [7, 11) is 0. The van der Waals surface area contributed by atoms with Gasteiger partial charge in [-0.05, 0) is 44.9 Å². The zero-order chi connectivity index (χ0) is 25.8. The van der Waals surface area contributed by atoms with Crippen LogP contribution in [0.5, 0.6) is 0 Å². The Balaban J connectivity index is 3.62. The number of allylic oxidation sites excluding steroid dienone is 2. The fraction of sp³-hybridized carbons (Fsp3) is 0.871. The second-order valence-corrected chi connectivity index (χ2v) is 10.3. The Morgan fingerprint density at radius 1 is 0.600 bits per heavy atom. The van der Waals surface area contributed by atoms with E-state index in [1.54, 1.807) is 0 Å². The molecule has 1 unspecified atom stereocenters. The van der Waals surface area contributed by atoms with E-state index in [0.717, 1.165) is 44.9 Å². The molecule has 0 bridgehead atoms. The minimum atomic E-state index is -1.01. The monoisotopic (exact) mass is 494 g/mol. The highest BCUT2D eigenvalue weighted by atomic mass is 16.6. The van der Waals surface area contributed by atoms with Crippen LogP contribution in [0.1, 0.15) is 168 Å². The van der Waals surface area contributed by atoms with Gasteiger partial charge < -0.3 is 9.84 Å². The lowest BCUT2D eigenvalue weighted by Crippen LogP contribution is -2.27. The third kappa shape index (κ3) is 25.6. The van der Waals surface area contributed by atoms with Gasteiger partial charge in [0.05, 0.1) is 0 Å². The smallest absolute Gasteiger partial charge is 0.345 e. The molecular formula is C31H58O4. The quantitative estimate of drug-likeness (QED) is 0.0701. The normalized spacial score (nSPS) is 12.3. The van der Waals surface area contributed by atoms with Crippen LogP contribution >= 0.6 is 0 Å². The van der Waals surface area contributed by atoms with Crippen molar-refractivity contribution >= 4 is 11.9 Å². The number of carboxylic acid groups (broad SMARTS) is 1. The molecule has 0 aliphatic rings. The number of hydrogen-bond donors (Lipinski definition) is 1. The standard InChI is InChI=1S/C31H58O4/c1-3-5-7-9-11-13-15-16-18-20-22-24-26-28-30(32)35-29(31(33)34)27-25-23-21-19-17-14-12-10-8-6-4-2/h13,15,29H,3-12,14,16-28H2,1-2H3,(H,33,34)/b15-13-. The maximum absolute atomic E-state index is 12.1. The highest BCUT2D eigenvalue weighted by Crippen LogP contribution is 2.15. The molecule has 0 amide bonds. The van der Waals surface area contributed by atoms with Gasteiger partial charge in [0.25, 0.3) is 0 Å². The summed E-state index contributed by atoms with van der Waals surface area (Å²) in [6.07, 6.45) is 30.9. The van der Waals surface area contributed by atoms with Gasteiger partial charge in [-0.3, -0.25) is 4.79 Å². The molecule has 4 heteroatoms. The highest BCUT2D eigenvalue weighted by Gasteiger charge is 2.21. The van der Waals surface area contributed by atoms with Crippen molar-refractivity contribution < 1.29 is 19.4 Å². The number of unbranched alkanes of at least 4 members (excludes halogenated alkanes) is 19. The number of rotatable bonds is 27. The summed E-state index contributed by atoms with van der Waals surface area (Å²) in [6.45, 7) is 4.49. The summed E-state index contributed by atoms with van der Waals surface area (Å²) in [5.41, 5.74) is 0. The first-order chi connectivity index (χ1) is 17.1. The number of carboxylic acids is 1. The molecule has 0 aromatic rings. The van der Waals surface area contributed by atoms with Gasteiger partial charge in [0.2, 0.25) is 0 Å². The third-order valence-electron chi connectivity index (χ3n) is 6.76. The maximum atomic E-state index is 12.1. The Morgan fingerprint density at radius 3 is 1.49 bits per heavy atom. The first kappa shape index (κ1) is 33.7. The van der Waals surface area contributed by atoms with Crippen LogP contribution in [-0.4, -0.2) is 23.1 Å². The van der Waals surface area contributed by atoms with Gasteiger partial charge in [0.1, 0.15) is 0 Å². The average molecular weight is 495 g/mol. The van der Waals surface area contributed by atoms with Crippen molar-refractivity contribution in [2.75, 3.05) is 0 Å². The third-order valence-corrected chi connectivity index (χ3v) is 6.76. The second-order valence-electron chi connectivity index (χ2n) is 10.3. The van der Waals surface area contributed by atoms with Gasteiger partial charge in [-0.1, -0.05) is 129 Å². The zero-order valence-electron chi connectivity index (χ0n) is 23.4. The Bertz CT molecular complexity index is 500. The van der Waals surface area contributed by atoms with Crippen molar-refractivity contribution in [3.05, 3.63) is 12.2 Å². The largest absolute Gasteiger partial charge is 0.479 e. The van der Waals surface area contributed by atoms with Gasteiger partial charge in [-0.25, -0.2) is 4.79 Å². The van der Waals surface area contributed by atoms with E-state index >= 15 is 0 Å². The summed E-state index contributed by atoms with van der Waals surface area (Å²) in [4.78, 5) is 23.5. The molecule has 35 heavy (non-hydrogen) atoms. The molecule has 0 aliphatic heterocycles. The molecule has 0 aromatic carbocycles. The average Bonchev–Trinajstić information content (AvgIpc) is 2.84. The number of aliphatic carboxylic acids is 1. The van der Waals surface area contributed by atoms with Crippen LogP contribution in [0.2, 0.25) is 0 Å². The number of esters is 1. The molecule has 4 nitrogen and oxygen atoms in total. The molecule has 0 spiro atoms. The fourth-order valence-electron chi connectivity index (χ4n) is 4.43. The number of carbonyl (C=O) groups is 2. The molecule has 0 saturated carbocycles. The van der Waals surface area contributed by atoms with Gasteiger partial charge >= 0.3 is 11.9 Å². The molecule has 0 aromatic heterocycles. The molecule has 0 aliphatic carbocycles. The molecule has 1 N–H and O–H groups in total. The first-order valence-corrected chi connectivity index (χ1v) is 15.2.